The van der Waals surface area contributed by atoms with Crippen LogP contribution in [-0.4, -0.2) is 14.5 Å². The Hall–Kier alpha value is -6.26. The summed E-state index contributed by atoms with van der Waals surface area (Å²) in [5.41, 5.74) is 6.83. The second kappa shape index (κ2) is 9.62. The summed E-state index contributed by atoms with van der Waals surface area (Å²) in [5.74, 6) is 1.51. The van der Waals surface area contributed by atoms with Crippen LogP contribution < -0.4 is 0 Å². The smallest absolute Gasteiger partial charge is 0.162 e. The van der Waals surface area contributed by atoms with E-state index in [0.717, 1.165) is 66.4 Å². The highest BCUT2D eigenvalue weighted by atomic mass is 16.3. The molecule has 4 nitrogen and oxygen atoms in total. The molecule has 0 aliphatic rings. The molecule has 0 aliphatic carbocycles. The third kappa shape index (κ3) is 3.74. The van der Waals surface area contributed by atoms with Gasteiger partial charge in [-0.05, 0) is 57.9 Å². The first kappa shape index (κ1) is 25.1. The van der Waals surface area contributed by atoms with Crippen LogP contribution in [0.25, 0.3) is 93.8 Å². The van der Waals surface area contributed by atoms with Crippen LogP contribution in [0.2, 0.25) is 0 Å². The first-order valence-corrected chi connectivity index (χ1v) is 15.5. The second-order valence-electron chi connectivity index (χ2n) is 11.8. The van der Waals surface area contributed by atoms with E-state index in [1.807, 2.05) is 24.3 Å². The van der Waals surface area contributed by atoms with Crippen molar-refractivity contribution in [2.45, 2.75) is 0 Å². The average Bonchev–Trinajstić information content (AvgIpc) is 3.64. The minimum atomic E-state index is 0.689. The topological polar surface area (TPSA) is 43.9 Å². The van der Waals surface area contributed by atoms with Crippen molar-refractivity contribution < 1.29 is 4.42 Å². The molecule has 0 spiro atoms. The molecule has 0 amide bonds. The molecule has 3 heterocycles. The first-order chi connectivity index (χ1) is 22.8. The minimum absolute atomic E-state index is 0.689. The molecule has 0 atom stereocenters. The minimum Gasteiger partial charge on any atom is -0.456 e. The van der Waals surface area contributed by atoms with Crippen LogP contribution in [0, 0.1) is 0 Å². The van der Waals surface area contributed by atoms with Crippen LogP contribution in [0.1, 0.15) is 0 Å². The third-order valence-corrected chi connectivity index (χ3v) is 9.14. The summed E-state index contributed by atoms with van der Waals surface area (Å²) in [5, 5.41) is 9.30. The molecule has 0 saturated carbocycles. The Morgan fingerprint density at radius 3 is 1.76 bits per heavy atom. The molecule has 0 fully saturated rings. The fourth-order valence-electron chi connectivity index (χ4n) is 7.01. The van der Waals surface area contributed by atoms with Crippen LogP contribution in [0.15, 0.2) is 156 Å². The number of hydrogen-bond acceptors (Lipinski definition) is 3. The van der Waals surface area contributed by atoms with E-state index in [2.05, 4.69) is 132 Å². The van der Waals surface area contributed by atoms with E-state index in [9.17, 15) is 0 Å². The fourth-order valence-corrected chi connectivity index (χ4v) is 7.01. The number of hydrogen-bond donors (Lipinski definition) is 0. The lowest BCUT2D eigenvalue weighted by Crippen LogP contribution is -2.02. The summed E-state index contributed by atoms with van der Waals surface area (Å²) < 4.78 is 8.84. The van der Waals surface area contributed by atoms with Gasteiger partial charge in [0.15, 0.2) is 5.82 Å². The van der Waals surface area contributed by atoms with Gasteiger partial charge < -0.3 is 4.42 Å². The van der Waals surface area contributed by atoms with E-state index < -0.39 is 0 Å². The highest BCUT2D eigenvalue weighted by Gasteiger charge is 2.21. The van der Waals surface area contributed by atoms with Gasteiger partial charge in [0.1, 0.15) is 17.0 Å². The van der Waals surface area contributed by atoms with Crippen molar-refractivity contribution in [2.75, 3.05) is 0 Å². The van der Waals surface area contributed by atoms with Crippen molar-refractivity contribution in [3.05, 3.63) is 152 Å². The Labute approximate surface area is 263 Å². The first-order valence-electron chi connectivity index (χ1n) is 15.5. The summed E-state index contributed by atoms with van der Waals surface area (Å²) in [7, 11) is 0. The van der Waals surface area contributed by atoms with E-state index in [-0.39, 0.29) is 0 Å². The highest BCUT2D eigenvalue weighted by molar-refractivity contribution is 6.29. The Morgan fingerprint density at radius 2 is 1.04 bits per heavy atom. The number of rotatable bonds is 3. The summed E-state index contributed by atoms with van der Waals surface area (Å²) in [6.45, 7) is 0. The molecule has 214 valence electrons. The van der Waals surface area contributed by atoms with Gasteiger partial charge in [0.25, 0.3) is 0 Å². The van der Waals surface area contributed by atoms with Gasteiger partial charge >= 0.3 is 0 Å². The normalized spacial score (nSPS) is 11.9. The summed E-state index contributed by atoms with van der Waals surface area (Å²) in [6.07, 6.45) is 0. The van der Waals surface area contributed by atoms with Crippen molar-refractivity contribution in [2.24, 2.45) is 0 Å². The Kier molecular flexibility index (Phi) is 5.25. The summed E-state index contributed by atoms with van der Waals surface area (Å²) in [4.78, 5) is 10.3. The molecular formula is C42H25N3O. The van der Waals surface area contributed by atoms with Crippen LogP contribution in [0.5, 0.6) is 0 Å². The van der Waals surface area contributed by atoms with Gasteiger partial charge in [-0.25, -0.2) is 9.97 Å². The maximum Gasteiger partial charge on any atom is 0.162 e. The molecular weight excluding hydrogens is 562 g/mol. The third-order valence-electron chi connectivity index (χ3n) is 9.14. The Balaban J connectivity index is 1.37. The maximum absolute atomic E-state index is 6.54. The monoisotopic (exact) mass is 587 g/mol. The van der Waals surface area contributed by atoms with Gasteiger partial charge in [0.2, 0.25) is 0 Å². The molecule has 0 bridgehead atoms. The summed E-state index contributed by atoms with van der Waals surface area (Å²) in [6, 6.07) is 53.0. The van der Waals surface area contributed by atoms with Crippen molar-refractivity contribution >= 4 is 65.3 Å². The fraction of sp³-hybridized carbons (Fsp3) is 0. The highest BCUT2D eigenvalue weighted by Crippen LogP contribution is 2.43. The van der Waals surface area contributed by atoms with E-state index in [4.69, 9.17) is 14.4 Å². The molecule has 3 aromatic heterocycles. The van der Waals surface area contributed by atoms with E-state index in [1.54, 1.807) is 0 Å². The molecule has 10 rings (SSSR count). The molecule has 0 unspecified atom stereocenters. The largest absolute Gasteiger partial charge is 0.456 e. The molecule has 0 saturated heterocycles. The van der Waals surface area contributed by atoms with Gasteiger partial charge in [-0.3, -0.25) is 4.57 Å². The second-order valence-corrected chi connectivity index (χ2v) is 11.8. The molecule has 10 aromatic rings. The predicted octanol–water partition coefficient (Wildman–Crippen LogP) is 11.1. The lowest BCUT2D eigenvalue weighted by molar-refractivity contribution is 0.669. The number of aromatic nitrogens is 3. The zero-order valence-electron chi connectivity index (χ0n) is 24.7. The molecule has 46 heavy (non-hydrogen) atoms. The van der Waals surface area contributed by atoms with Gasteiger partial charge in [0, 0.05) is 38.7 Å². The number of nitrogens with zero attached hydrogens (tertiary/aromatic N) is 3. The molecule has 7 aromatic carbocycles. The van der Waals surface area contributed by atoms with Gasteiger partial charge in [-0.1, -0.05) is 109 Å². The lowest BCUT2D eigenvalue weighted by Gasteiger charge is -2.12. The number of benzene rings is 7. The molecule has 0 aliphatic heterocycles. The Morgan fingerprint density at radius 1 is 0.435 bits per heavy atom. The van der Waals surface area contributed by atoms with Crippen LogP contribution in [-0.2, 0) is 0 Å². The van der Waals surface area contributed by atoms with Crippen LogP contribution in [0.3, 0.4) is 0 Å². The zero-order valence-corrected chi connectivity index (χ0v) is 24.7. The molecule has 0 radical (unpaired) electrons. The molecule has 0 N–H and O–H groups in total. The van der Waals surface area contributed by atoms with E-state index >= 15 is 0 Å². The van der Waals surface area contributed by atoms with Crippen molar-refractivity contribution in [3.8, 4) is 28.5 Å². The quantitative estimate of drug-likeness (QED) is 0.207. The number of fused-ring (bicyclic) bond motifs is 9. The maximum atomic E-state index is 6.54. The van der Waals surface area contributed by atoms with Gasteiger partial charge in [-0.15, -0.1) is 0 Å². The summed E-state index contributed by atoms with van der Waals surface area (Å²) >= 11 is 0. The standard InChI is InChI=1S/C42H25N3O/c1-3-11-26(12-4-1)34-25-39(44-42(43-34)27-13-5-2-6-14-27)45-35-19-20-37-41(33-22-29-16-8-10-18-31(29)24-38(33)46-37)40(35)32-21-28-15-7-9-17-30(28)23-36(32)45/h1-25H. The van der Waals surface area contributed by atoms with Crippen LogP contribution in [0.4, 0.5) is 0 Å². The zero-order chi connectivity index (χ0) is 30.2. The van der Waals surface area contributed by atoms with Crippen molar-refractivity contribution in [1.82, 2.24) is 14.5 Å². The number of furan rings is 1. The van der Waals surface area contributed by atoms with Gasteiger partial charge in [0.05, 0.1) is 16.7 Å². The predicted molar refractivity (Wildman–Crippen MR) is 190 cm³/mol. The SMILES string of the molecule is c1ccc(-c2cc(-n3c4cc5ccccc5cc4c4c5c(ccc43)oc3cc4ccccc4cc35)nc(-c3ccccc3)n2)cc1. The van der Waals surface area contributed by atoms with Crippen LogP contribution >= 0.6 is 0 Å². The van der Waals surface area contributed by atoms with E-state index in [0.29, 0.717) is 5.82 Å². The Bertz CT molecular complexity index is 2740. The molecule has 4 heteroatoms. The van der Waals surface area contributed by atoms with Crippen molar-refractivity contribution in [3.63, 3.8) is 0 Å². The van der Waals surface area contributed by atoms with Gasteiger partial charge in [-0.2, -0.15) is 0 Å². The van der Waals surface area contributed by atoms with E-state index in [1.165, 1.54) is 21.5 Å². The van der Waals surface area contributed by atoms with Crippen molar-refractivity contribution in [1.29, 1.82) is 0 Å². The average molecular weight is 588 g/mol. The lowest BCUT2D eigenvalue weighted by atomic mass is 10.0.